The van der Waals surface area contributed by atoms with E-state index in [-0.39, 0.29) is 17.9 Å². The normalized spacial score (nSPS) is 10.7. The number of nitrogens with one attached hydrogen (secondary N) is 1. The maximum Gasteiger partial charge on any atom is 0.336 e. The fraction of sp³-hybridized carbons (Fsp3) is 0.0556. The Balaban J connectivity index is 2.22. The van der Waals surface area contributed by atoms with Gasteiger partial charge in [0.1, 0.15) is 6.42 Å². The van der Waals surface area contributed by atoms with E-state index in [9.17, 15) is 14.7 Å². The van der Waals surface area contributed by atoms with Crippen LogP contribution in [0.2, 0.25) is 0 Å². The van der Waals surface area contributed by atoms with E-state index in [0.717, 1.165) is 0 Å². The summed E-state index contributed by atoms with van der Waals surface area (Å²) in [6, 6.07) is 17.3. The Bertz CT molecular complexity index is 772. The highest BCUT2D eigenvalue weighted by Crippen LogP contribution is 2.19. The zero-order valence-corrected chi connectivity index (χ0v) is 12.2. The van der Waals surface area contributed by atoms with Crippen LogP contribution in [0.1, 0.15) is 17.5 Å². The molecule has 0 unspecified atom stereocenters. The number of carbonyl (C=O) groups excluding carboxylic acids is 1. The van der Waals surface area contributed by atoms with Crippen LogP contribution in [0.15, 0.2) is 54.6 Å². The summed E-state index contributed by atoms with van der Waals surface area (Å²) in [4.78, 5) is 22.8. The standard InChI is InChI=1S/C18H14N2O3/c19-11-10-17(21)20-15-8-6-13(7-9-15)12-16(18(22)23)14-4-2-1-3-5-14/h1-9,12H,10H2,(H,20,21)(H,22,23). The zero-order chi connectivity index (χ0) is 16.7. The first-order valence-corrected chi connectivity index (χ1v) is 6.87. The van der Waals surface area contributed by atoms with Crippen LogP contribution < -0.4 is 5.32 Å². The Kier molecular flexibility index (Phi) is 5.26. The van der Waals surface area contributed by atoms with Crippen molar-refractivity contribution in [2.75, 3.05) is 5.32 Å². The fourth-order valence-corrected chi connectivity index (χ4v) is 1.99. The number of nitriles is 1. The van der Waals surface area contributed by atoms with E-state index in [4.69, 9.17) is 5.26 Å². The number of carboxylic acids is 1. The number of rotatable bonds is 5. The lowest BCUT2D eigenvalue weighted by Crippen LogP contribution is -2.09. The minimum atomic E-state index is -1.01. The Morgan fingerprint density at radius 2 is 1.74 bits per heavy atom. The van der Waals surface area contributed by atoms with E-state index in [0.29, 0.717) is 16.8 Å². The van der Waals surface area contributed by atoms with E-state index >= 15 is 0 Å². The zero-order valence-electron chi connectivity index (χ0n) is 12.2. The van der Waals surface area contributed by atoms with Crippen LogP contribution in [0.4, 0.5) is 5.69 Å². The van der Waals surface area contributed by atoms with Gasteiger partial charge in [0.05, 0.1) is 11.6 Å². The number of nitrogens with zero attached hydrogens (tertiary/aromatic N) is 1. The number of anilines is 1. The number of hydrogen-bond donors (Lipinski definition) is 2. The van der Waals surface area contributed by atoms with Gasteiger partial charge >= 0.3 is 5.97 Å². The smallest absolute Gasteiger partial charge is 0.336 e. The lowest BCUT2D eigenvalue weighted by Gasteiger charge is -2.05. The van der Waals surface area contributed by atoms with Crippen LogP contribution in [-0.4, -0.2) is 17.0 Å². The molecule has 0 aromatic heterocycles. The van der Waals surface area contributed by atoms with Crippen molar-refractivity contribution in [3.63, 3.8) is 0 Å². The van der Waals surface area contributed by atoms with Gasteiger partial charge in [-0.15, -0.1) is 0 Å². The minimum absolute atomic E-state index is 0.187. The predicted molar refractivity (Wildman–Crippen MR) is 87.3 cm³/mol. The van der Waals surface area contributed by atoms with E-state index in [1.165, 1.54) is 0 Å². The van der Waals surface area contributed by atoms with Crippen molar-refractivity contribution in [2.45, 2.75) is 6.42 Å². The average Bonchev–Trinajstić information content (AvgIpc) is 2.55. The number of hydrogen-bond acceptors (Lipinski definition) is 3. The summed E-state index contributed by atoms with van der Waals surface area (Å²) in [5.41, 5.74) is 2.06. The molecule has 1 amide bonds. The molecule has 2 rings (SSSR count). The molecule has 5 nitrogen and oxygen atoms in total. The fourth-order valence-electron chi connectivity index (χ4n) is 1.99. The number of carboxylic acid groups (broad SMARTS) is 1. The molecule has 0 fully saturated rings. The molecule has 5 heteroatoms. The van der Waals surface area contributed by atoms with Gasteiger partial charge < -0.3 is 10.4 Å². The Hall–Kier alpha value is -3.39. The first kappa shape index (κ1) is 16.0. The molecule has 2 N–H and O–H groups in total. The van der Waals surface area contributed by atoms with Gasteiger partial charge in [-0.3, -0.25) is 4.79 Å². The monoisotopic (exact) mass is 306 g/mol. The van der Waals surface area contributed by atoms with Crippen molar-refractivity contribution in [1.82, 2.24) is 0 Å². The highest BCUT2D eigenvalue weighted by molar-refractivity contribution is 6.20. The molecule has 0 saturated carbocycles. The third-order valence-corrected chi connectivity index (χ3v) is 3.06. The lowest BCUT2D eigenvalue weighted by molar-refractivity contribution is -0.130. The van der Waals surface area contributed by atoms with Crippen molar-refractivity contribution >= 4 is 29.2 Å². The maximum absolute atomic E-state index is 11.4. The van der Waals surface area contributed by atoms with Crippen LogP contribution >= 0.6 is 0 Å². The first-order chi connectivity index (χ1) is 11.1. The summed E-state index contributed by atoms with van der Waals surface area (Å²) in [6.45, 7) is 0. The number of carbonyl (C=O) groups is 2. The molecular formula is C18H14N2O3. The molecular weight excluding hydrogens is 292 g/mol. The van der Waals surface area contributed by atoms with E-state index in [1.807, 2.05) is 6.07 Å². The Labute approximate surface area is 133 Å². The van der Waals surface area contributed by atoms with E-state index in [2.05, 4.69) is 5.32 Å². The molecule has 0 aliphatic heterocycles. The minimum Gasteiger partial charge on any atom is -0.478 e. The van der Waals surface area contributed by atoms with Gasteiger partial charge in [-0.05, 0) is 29.3 Å². The highest BCUT2D eigenvalue weighted by atomic mass is 16.4. The maximum atomic E-state index is 11.4. The molecule has 0 atom stereocenters. The molecule has 0 bridgehead atoms. The van der Waals surface area contributed by atoms with Crippen LogP contribution in [0.3, 0.4) is 0 Å². The summed E-state index contributed by atoms with van der Waals surface area (Å²) in [5, 5.41) is 20.4. The number of aliphatic carboxylic acids is 1. The first-order valence-electron chi connectivity index (χ1n) is 6.87. The third kappa shape index (κ3) is 4.55. The SMILES string of the molecule is N#CCC(=O)Nc1ccc(C=C(C(=O)O)c2ccccc2)cc1. The summed E-state index contributed by atoms with van der Waals surface area (Å²) >= 11 is 0. The second-order valence-corrected chi connectivity index (χ2v) is 4.73. The topological polar surface area (TPSA) is 90.2 Å². The van der Waals surface area contributed by atoms with Gasteiger partial charge in [0.2, 0.25) is 5.91 Å². The summed E-state index contributed by atoms with van der Waals surface area (Å²) in [6.07, 6.45) is 1.36. The Morgan fingerprint density at radius 1 is 1.09 bits per heavy atom. The van der Waals surface area contributed by atoms with Gasteiger partial charge in [0.15, 0.2) is 0 Å². The molecule has 0 spiro atoms. The van der Waals surface area contributed by atoms with Crippen LogP contribution in [-0.2, 0) is 9.59 Å². The largest absolute Gasteiger partial charge is 0.478 e. The summed E-state index contributed by atoms with van der Waals surface area (Å²) < 4.78 is 0. The average molecular weight is 306 g/mol. The molecule has 0 aliphatic carbocycles. The van der Waals surface area contributed by atoms with E-state index < -0.39 is 5.97 Å². The summed E-state index contributed by atoms with van der Waals surface area (Å²) in [5.74, 6) is -1.39. The molecule has 114 valence electrons. The van der Waals surface area contributed by atoms with Crippen molar-refractivity contribution < 1.29 is 14.7 Å². The number of amides is 1. The van der Waals surface area contributed by atoms with Crippen LogP contribution in [0, 0.1) is 11.3 Å². The van der Waals surface area contributed by atoms with Gasteiger partial charge in [0, 0.05) is 5.69 Å². The molecule has 0 heterocycles. The third-order valence-electron chi connectivity index (χ3n) is 3.06. The van der Waals surface area contributed by atoms with Crippen LogP contribution in [0.5, 0.6) is 0 Å². The second-order valence-electron chi connectivity index (χ2n) is 4.73. The van der Waals surface area contributed by atoms with Crippen molar-refractivity contribution in [1.29, 1.82) is 5.26 Å². The van der Waals surface area contributed by atoms with Crippen molar-refractivity contribution in [3.8, 4) is 6.07 Å². The van der Waals surface area contributed by atoms with Crippen LogP contribution in [0.25, 0.3) is 11.6 Å². The lowest BCUT2D eigenvalue weighted by atomic mass is 10.0. The van der Waals surface area contributed by atoms with Gasteiger partial charge in [-0.2, -0.15) is 5.26 Å². The van der Waals surface area contributed by atoms with Gasteiger partial charge in [0.25, 0.3) is 0 Å². The van der Waals surface area contributed by atoms with Gasteiger partial charge in [-0.1, -0.05) is 42.5 Å². The molecule has 23 heavy (non-hydrogen) atoms. The second kappa shape index (κ2) is 7.57. The Morgan fingerprint density at radius 3 is 2.30 bits per heavy atom. The molecule has 0 radical (unpaired) electrons. The molecule has 0 aliphatic rings. The van der Waals surface area contributed by atoms with E-state index in [1.54, 1.807) is 60.7 Å². The quantitative estimate of drug-likeness (QED) is 0.656. The predicted octanol–water partition coefficient (Wildman–Crippen LogP) is 3.16. The molecule has 2 aromatic carbocycles. The van der Waals surface area contributed by atoms with Crippen molar-refractivity contribution in [2.24, 2.45) is 0 Å². The summed E-state index contributed by atoms with van der Waals surface area (Å²) in [7, 11) is 0. The van der Waals surface area contributed by atoms with Gasteiger partial charge in [-0.25, -0.2) is 4.79 Å². The molecule has 0 saturated heterocycles. The molecule has 2 aromatic rings. The number of benzene rings is 2. The van der Waals surface area contributed by atoms with Crippen molar-refractivity contribution in [3.05, 3.63) is 65.7 Å². The highest BCUT2D eigenvalue weighted by Gasteiger charge is 2.10.